The lowest BCUT2D eigenvalue weighted by atomic mass is 9.96. The quantitative estimate of drug-likeness (QED) is 0.789. The summed E-state index contributed by atoms with van der Waals surface area (Å²) in [6, 6.07) is 4.29. The van der Waals surface area contributed by atoms with Gasteiger partial charge in [-0.25, -0.2) is 13.6 Å². The molecule has 0 unspecified atom stereocenters. The lowest BCUT2D eigenvalue weighted by Gasteiger charge is -2.19. The van der Waals surface area contributed by atoms with Gasteiger partial charge in [0.2, 0.25) is 0 Å². The molecule has 2 amide bonds. The number of carboxylic acids is 1. The third-order valence-corrected chi connectivity index (χ3v) is 4.25. The van der Waals surface area contributed by atoms with Crippen molar-refractivity contribution in [2.75, 3.05) is 13.1 Å². The Labute approximate surface area is 145 Å². The molecule has 1 aromatic carbocycles. The average molecular weight is 380 g/mol. The summed E-state index contributed by atoms with van der Waals surface area (Å²) in [5, 5.41) is 11.3. The monoisotopic (exact) mass is 380 g/mol. The Hall–Kier alpha value is -2.39. The zero-order chi connectivity index (χ0) is 19.7. The largest absolute Gasteiger partial charge is 0.481 e. The first-order valence-corrected chi connectivity index (χ1v) is 7.69. The number of amides is 2. The summed E-state index contributed by atoms with van der Waals surface area (Å²) in [6.07, 6.45) is -4.72. The molecule has 0 aliphatic carbocycles. The number of hydrogen-bond acceptors (Lipinski definition) is 2. The van der Waals surface area contributed by atoms with E-state index < -0.39 is 49.0 Å². The maximum absolute atomic E-state index is 13.1. The van der Waals surface area contributed by atoms with Crippen molar-refractivity contribution in [3.63, 3.8) is 0 Å². The second-order valence-electron chi connectivity index (χ2n) is 6.24. The number of nitrogens with zero attached hydrogens (tertiary/aromatic N) is 1. The van der Waals surface area contributed by atoms with E-state index in [0.717, 1.165) is 11.8 Å². The first-order chi connectivity index (χ1) is 11.9. The lowest BCUT2D eigenvalue weighted by molar-refractivity contribution is -0.187. The van der Waals surface area contributed by atoms with Crippen molar-refractivity contribution in [2.45, 2.75) is 25.6 Å². The zero-order valence-electron chi connectivity index (χ0n) is 13.7. The summed E-state index contributed by atoms with van der Waals surface area (Å²) in [5.74, 6) is -8.46. The van der Waals surface area contributed by atoms with Crippen molar-refractivity contribution < 1.29 is 36.6 Å². The summed E-state index contributed by atoms with van der Waals surface area (Å²) in [5.41, 5.74) is 0.275. The van der Waals surface area contributed by atoms with Gasteiger partial charge >= 0.3 is 18.2 Å². The molecule has 1 saturated heterocycles. The van der Waals surface area contributed by atoms with E-state index in [0.29, 0.717) is 5.56 Å². The minimum Gasteiger partial charge on any atom is -0.481 e. The van der Waals surface area contributed by atoms with Crippen molar-refractivity contribution >= 4 is 12.0 Å². The molecule has 2 rings (SSSR count). The van der Waals surface area contributed by atoms with E-state index in [1.165, 1.54) is 24.3 Å². The van der Waals surface area contributed by atoms with Gasteiger partial charge in [0.25, 0.3) is 5.92 Å². The van der Waals surface area contributed by atoms with E-state index >= 15 is 0 Å². The van der Waals surface area contributed by atoms with Crippen LogP contribution in [0.4, 0.5) is 26.7 Å². The number of urea groups is 1. The van der Waals surface area contributed by atoms with Gasteiger partial charge in [-0.3, -0.25) is 4.79 Å². The molecular weight excluding hydrogens is 363 g/mol. The Kier molecular flexibility index (Phi) is 5.43. The van der Waals surface area contributed by atoms with E-state index in [9.17, 15) is 31.5 Å². The molecule has 0 bridgehead atoms. The van der Waals surface area contributed by atoms with Crippen LogP contribution >= 0.6 is 0 Å². The Morgan fingerprint density at radius 1 is 1.15 bits per heavy atom. The molecule has 1 aliphatic rings. The maximum Gasteiger partial charge on any atom is 0.394 e. The molecule has 26 heavy (non-hydrogen) atoms. The Balaban J connectivity index is 1.97. The van der Waals surface area contributed by atoms with Crippen LogP contribution in [-0.2, 0) is 17.3 Å². The number of aliphatic carboxylic acids is 1. The predicted molar refractivity (Wildman–Crippen MR) is 80.5 cm³/mol. The fourth-order valence-corrected chi connectivity index (χ4v) is 2.76. The highest BCUT2D eigenvalue weighted by Crippen LogP contribution is 2.37. The van der Waals surface area contributed by atoms with Gasteiger partial charge in [0, 0.05) is 32.1 Å². The van der Waals surface area contributed by atoms with E-state index in [4.69, 9.17) is 5.11 Å². The molecule has 0 saturated carbocycles. The molecule has 144 valence electrons. The Bertz CT molecular complexity index is 670. The maximum atomic E-state index is 13.1. The molecule has 0 radical (unpaired) electrons. The van der Waals surface area contributed by atoms with Gasteiger partial charge in [-0.05, 0) is 5.56 Å². The SMILES string of the molecule is CC(F)(F)c1ccc(CNC(=O)N2C[C@@H](C(F)(F)F)[C@H](C(=O)O)C2)cc1. The minimum absolute atomic E-state index is 0.0840. The van der Waals surface area contributed by atoms with Crippen LogP contribution in [0, 0.1) is 11.8 Å². The fraction of sp³-hybridized carbons (Fsp3) is 0.500. The third-order valence-electron chi connectivity index (χ3n) is 4.25. The number of nitrogens with one attached hydrogen (secondary N) is 1. The number of alkyl halides is 5. The fourth-order valence-electron chi connectivity index (χ4n) is 2.76. The van der Waals surface area contributed by atoms with Crippen LogP contribution in [-0.4, -0.2) is 41.3 Å². The number of hydrogen-bond donors (Lipinski definition) is 2. The number of likely N-dealkylation sites (tertiary alicyclic amines) is 1. The Morgan fingerprint density at radius 3 is 2.15 bits per heavy atom. The normalized spacial score (nSPS) is 20.9. The van der Waals surface area contributed by atoms with Gasteiger partial charge in [0.05, 0.1) is 11.8 Å². The number of carboxylic acid groups (broad SMARTS) is 1. The highest BCUT2D eigenvalue weighted by Gasteiger charge is 2.53. The third kappa shape index (κ3) is 4.61. The first kappa shape index (κ1) is 19.9. The van der Waals surface area contributed by atoms with Crippen LogP contribution in [0.25, 0.3) is 0 Å². The van der Waals surface area contributed by atoms with Crippen molar-refractivity contribution in [2.24, 2.45) is 11.8 Å². The molecule has 0 spiro atoms. The highest BCUT2D eigenvalue weighted by atomic mass is 19.4. The molecule has 1 aromatic rings. The first-order valence-electron chi connectivity index (χ1n) is 7.69. The standard InChI is InChI=1S/C16H17F5N2O3/c1-15(17,18)10-4-2-9(3-5-10)6-22-14(26)23-7-11(13(24)25)12(8-23)16(19,20)21/h2-5,11-12H,6-8H2,1H3,(H,22,26)(H,24,25)/t11-,12-/m1/s1. The summed E-state index contributed by atoms with van der Waals surface area (Å²) in [7, 11) is 0. The molecule has 10 heteroatoms. The summed E-state index contributed by atoms with van der Waals surface area (Å²) < 4.78 is 65.0. The number of carbonyl (C=O) groups excluding carboxylic acids is 1. The van der Waals surface area contributed by atoms with Crippen LogP contribution in [0.5, 0.6) is 0 Å². The summed E-state index contributed by atoms with van der Waals surface area (Å²) in [6.45, 7) is -0.633. The average Bonchev–Trinajstić information content (AvgIpc) is 2.98. The van der Waals surface area contributed by atoms with E-state index in [1.807, 2.05) is 0 Å². The number of carbonyl (C=O) groups is 2. The Morgan fingerprint density at radius 2 is 1.73 bits per heavy atom. The van der Waals surface area contributed by atoms with Crippen LogP contribution in [0.15, 0.2) is 24.3 Å². The minimum atomic E-state index is -4.72. The highest BCUT2D eigenvalue weighted by molar-refractivity contribution is 5.77. The van der Waals surface area contributed by atoms with Crippen LogP contribution in [0.2, 0.25) is 0 Å². The van der Waals surface area contributed by atoms with Gasteiger partial charge < -0.3 is 15.3 Å². The van der Waals surface area contributed by atoms with E-state index in [-0.39, 0.29) is 12.1 Å². The predicted octanol–water partition coefficient (Wildman–Crippen LogP) is 3.20. The second kappa shape index (κ2) is 7.08. The van der Waals surface area contributed by atoms with Gasteiger partial charge in [-0.15, -0.1) is 0 Å². The van der Waals surface area contributed by atoms with Crippen LogP contribution in [0.1, 0.15) is 18.1 Å². The smallest absolute Gasteiger partial charge is 0.394 e. The lowest BCUT2D eigenvalue weighted by Crippen LogP contribution is -2.39. The number of rotatable bonds is 4. The summed E-state index contributed by atoms with van der Waals surface area (Å²) in [4.78, 5) is 23.8. The zero-order valence-corrected chi connectivity index (χ0v) is 13.7. The van der Waals surface area contributed by atoms with Crippen molar-refractivity contribution in [1.82, 2.24) is 10.2 Å². The molecule has 1 heterocycles. The van der Waals surface area contributed by atoms with Crippen LogP contribution in [0.3, 0.4) is 0 Å². The number of benzene rings is 1. The molecule has 1 fully saturated rings. The van der Waals surface area contributed by atoms with Crippen molar-refractivity contribution in [1.29, 1.82) is 0 Å². The van der Waals surface area contributed by atoms with Gasteiger partial charge in [0.15, 0.2) is 0 Å². The second-order valence-corrected chi connectivity index (χ2v) is 6.24. The molecule has 2 N–H and O–H groups in total. The molecule has 2 atom stereocenters. The van der Waals surface area contributed by atoms with Crippen molar-refractivity contribution in [3.05, 3.63) is 35.4 Å². The van der Waals surface area contributed by atoms with E-state index in [1.54, 1.807) is 0 Å². The molecule has 0 aromatic heterocycles. The number of halogens is 5. The topological polar surface area (TPSA) is 69.6 Å². The van der Waals surface area contributed by atoms with Crippen LogP contribution < -0.4 is 5.32 Å². The van der Waals surface area contributed by atoms with Crippen molar-refractivity contribution in [3.8, 4) is 0 Å². The van der Waals surface area contributed by atoms with E-state index in [2.05, 4.69) is 5.32 Å². The van der Waals surface area contributed by atoms with Gasteiger partial charge in [0.1, 0.15) is 0 Å². The van der Waals surface area contributed by atoms with Gasteiger partial charge in [-0.2, -0.15) is 13.2 Å². The summed E-state index contributed by atoms with van der Waals surface area (Å²) >= 11 is 0. The van der Waals surface area contributed by atoms with Gasteiger partial charge in [-0.1, -0.05) is 24.3 Å². The molecular formula is C16H17F5N2O3. The molecule has 5 nitrogen and oxygen atoms in total. The molecule has 1 aliphatic heterocycles.